The fourth-order valence-corrected chi connectivity index (χ4v) is 2.60. The highest BCUT2D eigenvalue weighted by atomic mass is 16.5. The summed E-state index contributed by atoms with van der Waals surface area (Å²) in [5.74, 6) is 1.38. The molecule has 0 unspecified atom stereocenters. The predicted molar refractivity (Wildman–Crippen MR) is 111 cm³/mol. The maximum atomic E-state index is 12.3. The molecule has 2 aromatic rings. The smallest absolute Gasteiger partial charge is 0.319 e. The van der Waals surface area contributed by atoms with Gasteiger partial charge in [-0.1, -0.05) is 37.6 Å². The number of ether oxygens (including phenoxy) is 3. The summed E-state index contributed by atoms with van der Waals surface area (Å²) in [6.45, 7) is 6.19. The van der Waals surface area contributed by atoms with Crippen LogP contribution in [0.25, 0.3) is 0 Å². The molecular formula is C22H30N2O4. The van der Waals surface area contributed by atoms with E-state index in [-0.39, 0.29) is 6.03 Å². The van der Waals surface area contributed by atoms with Gasteiger partial charge in [-0.05, 0) is 37.1 Å². The fraction of sp³-hybridized carbons (Fsp3) is 0.409. The molecule has 0 bridgehead atoms. The van der Waals surface area contributed by atoms with Crippen molar-refractivity contribution in [2.45, 2.75) is 39.8 Å². The van der Waals surface area contributed by atoms with Crippen molar-refractivity contribution in [1.29, 1.82) is 0 Å². The molecule has 0 atom stereocenters. The summed E-state index contributed by atoms with van der Waals surface area (Å²) < 4.78 is 16.6. The molecule has 0 saturated heterocycles. The summed E-state index contributed by atoms with van der Waals surface area (Å²) in [6, 6.07) is 13.0. The largest absolute Gasteiger partial charge is 0.493 e. The number of hydrogen-bond acceptors (Lipinski definition) is 4. The lowest BCUT2D eigenvalue weighted by atomic mass is 10.2. The lowest BCUT2D eigenvalue weighted by Crippen LogP contribution is -2.28. The molecule has 152 valence electrons. The highest BCUT2D eigenvalue weighted by Gasteiger charge is 2.09. The average Bonchev–Trinajstić information content (AvgIpc) is 2.72. The average molecular weight is 386 g/mol. The molecular weight excluding hydrogens is 356 g/mol. The molecule has 0 aliphatic carbocycles. The van der Waals surface area contributed by atoms with Gasteiger partial charge >= 0.3 is 6.03 Å². The second-order valence-corrected chi connectivity index (χ2v) is 6.29. The number of carbonyl (C=O) groups is 1. The van der Waals surface area contributed by atoms with Crippen molar-refractivity contribution in [1.82, 2.24) is 5.32 Å². The van der Waals surface area contributed by atoms with Gasteiger partial charge < -0.3 is 24.8 Å². The van der Waals surface area contributed by atoms with Crippen molar-refractivity contribution in [3.63, 3.8) is 0 Å². The van der Waals surface area contributed by atoms with Crippen molar-refractivity contribution in [2.24, 2.45) is 0 Å². The zero-order valence-electron chi connectivity index (χ0n) is 16.9. The number of para-hydroxylation sites is 1. The van der Waals surface area contributed by atoms with Crippen LogP contribution in [0.1, 0.15) is 37.8 Å². The molecule has 0 aliphatic heterocycles. The Morgan fingerprint density at radius 2 is 1.89 bits per heavy atom. The molecule has 0 spiro atoms. The zero-order valence-corrected chi connectivity index (χ0v) is 16.9. The van der Waals surface area contributed by atoms with Crippen LogP contribution in [0.15, 0.2) is 42.5 Å². The number of anilines is 1. The first-order valence-electron chi connectivity index (χ1n) is 9.68. The van der Waals surface area contributed by atoms with Crippen molar-refractivity contribution < 1.29 is 19.0 Å². The minimum Gasteiger partial charge on any atom is -0.493 e. The number of hydrogen-bond donors (Lipinski definition) is 2. The lowest BCUT2D eigenvalue weighted by molar-refractivity contribution is 0.134. The van der Waals surface area contributed by atoms with E-state index < -0.39 is 0 Å². The van der Waals surface area contributed by atoms with Gasteiger partial charge in [0, 0.05) is 24.4 Å². The maximum Gasteiger partial charge on any atom is 0.319 e. The molecule has 2 amide bonds. The van der Waals surface area contributed by atoms with E-state index in [1.807, 2.05) is 49.4 Å². The molecule has 0 heterocycles. The van der Waals surface area contributed by atoms with Gasteiger partial charge in [-0.2, -0.15) is 0 Å². The van der Waals surface area contributed by atoms with E-state index in [9.17, 15) is 4.79 Å². The third kappa shape index (κ3) is 6.78. The molecule has 0 aromatic heterocycles. The molecule has 2 aromatic carbocycles. The quantitative estimate of drug-likeness (QED) is 0.548. The zero-order chi connectivity index (χ0) is 20.2. The van der Waals surface area contributed by atoms with Crippen LogP contribution in [0.4, 0.5) is 10.5 Å². The SMILES string of the molecule is CCCCOc1ccc(CNC(=O)Nc2ccccc2COCC)cc1OC. The number of urea groups is 1. The third-order valence-electron chi connectivity index (χ3n) is 4.16. The Hall–Kier alpha value is -2.73. The number of methoxy groups -OCH3 is 1. The van der Waals surface area contributed by atoms with Crippen molar-refractivity contribution >= 4 is 11.7 Å². The van der Waals surface area contributed by atoms with E-state index in [0.717, 1.165) is 29.7 Å². The lowest BCUT2D eigenvalue weighted by Gasteiger charge is -2.14. The maximum absolute atomic E-state index is 12.3. The molecule has 0 radical (unpaired) electrons. The van der Waals surface area contributed by atoms with Crippen LogP contribution in [-0.2, 0) is 17.9 Å². The predicted octanol–water partition coefficient (Wildman–Crippen LogP) is 4.73. The summed E-state index contributed by atoms with van der Waals surface area (Å²) in [7, 11) is 1.61. The van der Waals surface area contributed by atoms with Crippen LogP contribution in [0.2, 0.25) is 0 Å². The van der Waals surface area contributed by atoms with E-state index in [2.05, 4.69) is 17.6 Å². The Labute approximate surface area is 167 Å². The first-order chi connectivity index (χ1) is 13.7. The van der Waals surface area contributed by atoms with Crippen LogP contribution < -0.4 is 20.1 Å². The number of rotatable bonds is 11. The Kier molecular flexibility index (Phi) is 9.15. The summed E-state index contributed by atoms with van der Waals surface area (Å²) >= 11 is 0. The highest BCUT2D eigenvalue weighted by molar-refractivity contribution is 5.90. The second-order valence-electron chi connectivity index (χ2n) is 6.29. The molecule has 2 N–H and O–H groups in total. The normalized spacial score (nSPS) is 10.4. The Balaban J connectivity index is 1.92. The van der Waals surface area contributed by atoms with E-state index in [1.165, 1.54) is 0 Å². The Morgan fingerprint density at radius 1 is 1.07 bits per heavy atom. The van der Waals surface area contributed by atoms with Crippen LogP contribution >= 0.6 is 0 Å². The minimum absolute atomic E-state index is 0.272. The standard InChI is InChI=1S/C22H30N2O4/c1-4-6-13-28-20-12-11-17(14-21(20)26-3)15-23-22(25)24-19-10-8-7-9-18(19)16-27-5-2/h7-12,14H,4-6,13,15-16H2,1-3H3,(H2,23,24,25). The summed E-state index contributed by atoms with van der Waals surface area (Å²) in [4.78, 5) is 12.3. The van der Waals surface area contributed by atoms with Gasteiger partial charge in [0.15, 0.2) is 11.5 Å². The Morgan fingerprint density at radius 3 is 2.64 bits per heavy atom. The van der Waals surface area contributed by atoms with E-state index in [4.69, 9.17) is 14.2 Å². The Bertz CT molecular complexity index is 749. The monoisotopic (exact) mass is 386 g/mol. The molecule has 0 fully saturated rings. The van der Waals surface area contributed by atoms with E-state index in [0.29, 0.717) is 37.9 Å². The minimum atomic E-state index is -0.272. The van der Waals surface area contributed by atoms with E-state index >= 15 is 0 Å². The van der Waals surface area contributed by atoms with Crippen molar-refractivity contribution in [2.75, 3.05) is 25.6 Å². The fourth-order valence-electron chi connectivity index (χ4n) is 2.60. The first kappa shape index (κ1) is 21.6. The van der Waals surface area contributed by atoms with Crippen molar-refractivity contribution in [3.05, 3.63) is 53.6 Å². The highest BCUT2D eigenvalue weighted by Crippen LogP contribution is 2.28. The number of amides is 2. The van der Waals surface area contributed by atoms with Crippen LogP contribution in [-0.4, -0.2) is 26.4 Å². The van der Waals surface area contributed by atoms with E-state index in [1.54, 1.807) is 7.11 Å². The van der Waals surface area contributed by atoms with Gasteiger partial charge in [0.25, 0.3) is 0 Å². The van der Waals surface area contributed by atoms with Crippen molar-refractivity contribution in [3.8, 4) is 11.5 Å². The summed E-state index contributed by atoms with van der Waals surface area (Å²) in [5, 5.41) is 5.74. The molecule has 0 aliphatic rings. The van der Waals surface area contributed by atoms with Crippen LogP contribution in [0.3, 0.4) is 0 Å². The molecule has 6 nitrogen and oxygen atoms in total. The number of unbranched alkanes of at least 4 members (excludes halogenated alkanes) is 1. The molecule has 6 heteroatoms. The van der Waals surface area contributed by atoms with Gasteiger partial charge in [-0.3, -0.25) is 0 Å². The molecule has 0 saturated carbocycles. The summed E-state index contributed by atoms with van der Waals surface area (Å²) in [5.41, 5.74) is 2.61. The third-order valence-corrected chi connectivity index (χ3v) is 4.16. The second kappa shape index (κ2) is 11.9. The summed E-state index contributed by atoms with van der Waals surface area (Å²) in [6.07, 6.45) is 2.07. The van der Waals surface area contributed by atoms with Gasteiger partial charge in [-0.15, -0.1) is 0 Å². The molecule has 28 heavy (non-hydrogen) atoms. The van der Waals surface area contributed by atoms with Crippen LogP contribution in [0, 0.1) is 0 Å². The van der Waals surface area contributed by atoms with Gasteiger partial charge in [-0.25, -0.2) is 4.79 Å². The topological polar surface area (TPSA) is 68.8 Å². The number of carbonyl (C=O) groups excluding carboxylic acids is 1. The van der Waals surface area contributed by atoms with Gasteiger partial charge in [0.2, 0.25) is 0 Å². The number of benzene rings is 2. The van der Waals surface area contributed by atoms with Gasteiger partial charge in [0.05, 0.1) is 20.3 Å². The molecule has 2 rings (SSSR count). The number of nitrogens with one attached hydrogen (secondary N) is 2. The van der Waals surface area contributed by atoms with Crippen LogP contribution in [0.5, 0.6) is 11.5 Å². The van der Waals surface area contributed by atoms with Gasteiger partial charge in [0.1, 0.15) is 0 Å². The first-order valence-corrected chi connectivity index (χ1v) is 9.68.